The Morgan fingerprint density at radius 1 is 0.735 bits per heavy atom. The van der Waals surface area contributed by atoms with Crippen molar-refractivity contribution in [2.24, 2.45) is 0 Å². The van der Waals surface area contributed by atoms with E-state index in [4.69, 9.17) is 0 Å². The lowest BCUT2D eigenvalue weighted by Crippen LogP contribution is -2.70. The van der Waals surface area contributed by atoms with Crippen LogP contribution in [0.15, 0.2) is 0 Å². The molecule has 0 spiro atoms. The van der Waals surface area contributed by atoms with E-state index >= 15 is 0 Å². The van der Waals surface area contributed by atoms with Crippen LogP contribution in [-0.2, 0) is 9.59 Å². The molecular weight excluding hydrogens is 448 g/mol. The van der Waals surface area contributed by atoms with Crippen molar-refractivity contribution in [2.45, 2.75) is 116 Å². The van der Waals surface area contributed by atoms with Gasteiger partial charge in [-0.25, -0.2) is 0 Å². The second kappa shape index (κ2) is 9.56. The molecule has 0 aromatic carbocycles. The van der Waals surface area contributed by atoms with Gasteiger partial charge in [-0.05, 0) is 97.2 Å². The summed E-state index contributed by atoms with van der Waals surface area (Å²) >= 11 is 4.53. The minimum absolute atomic E-state index is 0.00353. The molecule has 2 heterocycles. The molecule has 2 aliphatic rings. The third-order valence-electron chi connectivity index (χ3n) is 7.43. The number of β-amino-alcohol motifs (C(OH)–C–C–N with tert-alkyl or cyclic N) is 1. The SMILES string of the molecule is CN1C(C)(C)CN(CC(C)(C)O)C(=O)C1(C)C.CN1C(C)(C)CN(CC(C)(C)S)C(=O)C1(C)C. The zero-order chi connectivity index (χ0) is 27.3. The highest BCUT2D eigenvalue weighted by Crippen LogP contribution is 2.33. The largest absolute Gasteiger partial charge is 0.389 e. The highest BCUT2D eigenvalue weighted by Gasteiger charge is 2.50. The summed E-state index contributed by atoms with van der Waals surface area (Å²) in [5.41, 5.74) is -1.90. The molecule has 2 saturated heterocycles. The summed E-state index contributed by atoms with van der Waals surface area (Å²) < 4.78 is -0.155. The third kappa shape index (κ3) is 7.11. The van der Waals surface area contributed by atoms with Crippen molar-refractivity contribution in [3.05, 3.63) is 0 Å². The average Bonchev–Trinajstić information content (AvgIpc) is 2.60. The van der Waals surface area contributed by atoms with Crippen molar-refractivity contribution in [3.8, 4) is 0 Å². The van der Waals surface area contributed by atoms with Crippen molar-refractivity contribution in [2.75, 3.05) is 40.3 Å². The predicted octanol–water partition coefficient (Wildman–Crippen LogP) is 3.11. The van der Waals surface area contributed by atoms with Gasteiger partial charge in [0.2, 0.25) is 11.8 Å². The maximum Gasteiger partial charge on any atom is 0.242 e. The number of carbonyl (C=O) groups is 2. The lowest BCUT2D eigenvalue weighted by molar-refractivity contribution is -0.161. The summed E-state index contributed by atoms with van der Waals surface area (Å²) in [5, 5.41) is 9.89. The fourth-order valence-electron chi connectivity index (χ4n) is 5.05. The van der Waals surface area contributed by atoms with Crippen molar-refractivity contribution >= 4 is 24.4 Å². The molecule has 0 aromatic rings. The van der Waals surface area contributed by atoms with Crippen molar-refractivity contribution in [1.82, 2.24) is 19.6 Å². The third-order valence-corrected chi connectivity index (χ3v) is 7.57. The van der Waals surface area contributed by atoms with Crippen LogP contribution in [-0.4, -0.2) is 109 Å². The second-order valence-electron chi connectivity index (χ2n) is 13.8. The molecule has 1 N–H and O–H groups in total. The fraction of sp³-hybridized carbons (Fsp3) is 0.923. The standard InChI is InChI=1S/C13H26N2O2.C13H26N2OS/c2*1-11(2)8-15(9-12(3,4)17)10(16)13(5,6)14(11)7/h2*17H,8-9H2,1-7H3. The maximum atomic E-state index is 12.5. The van der Waals surface area contributed by atoms with Gasteiger partial charge >= 0.3 is 0 Å². The Morgan fingerprint density at radius 2 is 1.03 bits per heavy atom. The van der Waals surface area contributed by atoms with Gasteiger partial charge in [-0.3, -0.25) is 19.4 Å². The van der Waals surface area contributed by atoms with Crippen LogP contribution in [0.5, 0.6) is 0 Å². The molecule has 8 heteroatoms. The fourth-order valence-corrected chi connectivity index (χ4v) is 5.22. The van der Waals surface area contributed by atoms with Crippen LogP contribution in [0.3, 0.4) is 0 Å². The minimum atomic E-state index is -0.849. The smallest absolute Gasteiger partial charge is 0.242 e. The van der Waals surface area contributed by atoms with Gasteiger partial charge in [0.15, 0.2) is 0 Å². The van der Waals surface area contributed by atoms with E-state index < -0.39 is 16.7 Å². The Bertz CT molecular complexity index is 699. The van der Waals surface area contributed by atoms with Crippen LogP contribution < -0.4 is 0 Å². The van der Waals surface area contributed by atoms with Crippen LogP contribution in [0.2, 0.25) is 0 Å². The van der Waals surface area contributed by atoms with Crippen LogP contribution >= 0.6 is 12.6 Å². The van der Waals surface area contributed by atoms with Crippen LogP contribution in [0.4, 0.5) is 0 Å². The van der Waals surface area contributed by atoms with E-state index in [1.54, 1.807) is 18.7 Å². The van der Waals surface area contributed by atoms with Crippen molar-refractivity contribution < 1.29 is 14.7 Å². The highest BCUT2D eigenvalue weighted by atomic mass is 32.1. The van der Waals surface area contributed by atoms with E-state index in [9.17, 15) is 14.7 Å². The van der Waals surface area contributed by atoms with E-state index in [2.05, 4.69) is 50.1 Å². The molecule has 2 amide bonds. The first-order valence-corrected chi connectivity index (χ1v) is 12.7. The van der Waals surface area contributed by atoms with Gasteiger partial charge in [-0.1, -0.05) is 0 Å². The van der Waals surface area contributed by atoms with E-state index in [0.29, 0.717) is 19.6 Å². The topological polar surface area (TPSA) is 67.3 Å². The average molecular weight is 501 g/mol. The van der Waals surface area contributed by atoms with Gasteiger partial charge in [0.05, 0.1) is 16.7 Å². The Kier molecular flexibility index (Phi) is 8.78. The number of hydrogen-bond donors (Lipinski definition) is 2. The zero-order valence-electron chi connectivity index (χ0n) is 24.3. The number of thiol groups is 1. The molecule has 200 valence electrons. The molecule has 0 aromatic heterocycles. The number of rotatable bonds is 4. The number of amides is 2. The van der Waals surface area contributed by atoms with Crippen LogP contribution in [0.1, 0.15) is 83.1 Å². The monoisotopic (exact) mass is 500 g/mol. The summed E-state index contributed by atoms with van der Waals surface area (Å²) in [7, 11) is 4.01. The number of piperazine rings is 2. The Labute approximate surface area is 214 Å². The number of carbonyl (C=O) groups excluding carboxylic acids is 2. The van der Waals surface area contributed by atoms with Crippen molar-refractivity contribution in [1.29, 1.82) is 0 Å². The summed E-state index contributed by atoms with van der Waals surface area (Å²) in [5.74, 6) is 0.280. The Balaban J connectivity index is 0.000000340. The van der Waals surface area contributed by atoms with Crippen LogP contribution in [0.25, 0.3) is 0 Å². The molecule has 0 bridgehead atoms. The van der Waals surface area contributed by atoms with E-state index in [1.165, 1.54) is 0 Å². The molecule has 2 rings (SSSR count). The summed E-state index contributed by atoms with van der Waals surface area (Å²) in [6.45, 7) is 26.5. The minimum Gasteiger partial charge on any atom is -0.389 e. The summed E-state index contributed by atoms with van der Waals surface area (Å²) in [6, 6.07) is 0. The van der Waals surface area contributed by atoms with E-state index in [0.717, 1.165) is 6.54 Å². The maximum absolute atomic E-state index is 12.5. The van der Waals surface area contributed by atoms with Gasteiger partial charge < -0.3 is 14.9 Å². The molecular formula is C26H52N4O3S. The molecule has 0 unspecified atom stereocenters. The molecule has 2 aliphatic heterocycles. The molecule has 0 saturated carbocycles. The molecule has 7 nitrogen and oxygen atoms in total. The van der Waals surface area contributed by atoms with Gasteiger partial charge in [0.1, 0.15) is 0 Å². The van der Waals surface area contributed by atoms with Gasteiger partial charge in [0, 0.05) is 42.0 Å². The number of nitrogens with zero attached hydrogens (tertiary/aromatic N) is 4. The normalized spacial score (nSPS) is 25.2. The Morgan fingerprint density at radius 3 is 1.29 bits per heavy atom. The van der Waals surface area contributed by atoms with Gasteiger partial charge in [0.25, 0.3) is 0 Å². The lowest BCUT2D eigenvalue weighted by atomic mass is 9.87. The first-order chi connectivity index (χ1) is 14.8. The molecule has 0 radical (unpaired) electrons. The van der Waals surface area contributed by atoms with Crippen molar-refractivity contribution in [3.63, 3.8) is 0 Å². The van der Waals surface area contributed by atoms with Gasteiger partial charge in [-0.15, -0.1) is 0 Å². The summed E-state index contributed by atoms with van der Waals surface area (Å²) in [6.07, 6.45) is 0. The number of hydrogen-bond acceptors (Lipinski definition) is 6. The van der Waals surface area contributed by atoms with E-state index in [1.807, 2.05) is 60.5 Å². The molecule has 0 aliphatic carbocycles. The van der Waals surface area contributed by atoms with E-state index in [-0.39, 0.29) is 27.6 Å². The second-order valence-corrected chi connectivity index (χ2v) is 15.0. The summed E-state index contributed by atoms with van der Waals surface area (Å²) in [4.78, 5) is 32.9. The van der Waals surface area contributed by atoms with Gasteiger partial charge in [-0.2, -0.15) is 12.6 Å². The predicted molar refractivity (Wildman–Crippen MR) is 144 cm³/mol. The van der Waals surface area contributed by atoms with Crippen LogP contribution in [0, 0.1) is 0 Å². The number of aliphatic hydroxyl groups is 1. The first kappa shape index (κ1) is 31.2. The molecule has 2 fully saturated rings. The first-order valence-electron chi connectivity index (χ1n) is 12.3. The quantitative estimate of drug-likeness (QED) is 0.581. The molecule has 34 heavy (non-hydrogen) atoms. The lowest BCUT2D eigenvalue weighted by Gasteiger charge is -2.54. The zero-order valence-corrected chi connectivity index (χ0v) is 25.2. The highest BCUT2D eigenvalue weighted by molar-refractivity contribution is 7.81. The Hall–Kier alpha value is -0.830. The molecule has 0 atom stereocenters. The number of likely N-dealkylation sites (N-methyl/N-ethyl adjacent to an activating group) is 2.